The molecule has 0 aliphatic heterocycles. The summed E-state index contributed by atoms with van der Waals surface area (Å²) in [5.74, 6) is -0.166. The number of carbonyl (C=O) groups excluding carboxylic acids is 1. The van der Waals surface area contributed by atoms with Crippen LogP contribution in [0.2, 0.25) is 0 Å². The number of benzene rings is 3. The van der Waals surface area contributed by atoms with Gasteiger partial charge < -0.3 is 9.88 Å². The zero-order valence-electron chi connectivity index (χ0n) is 16.0. The van der Waals surface area contributed by atoms with E-state index in [1.807, 2.05) is 77.5 Å². The van der Waals surface area contributed by atoms with Gasteiger partial charge in [0.25, 0.3) is 0 Å². The monoisotopic (exact) mass is 394 g/mol. The van der Waals surface area contributed by atoms with E-state index in [0.29, 0.717) is 16.5 Å². The fourth-order valence-corrected chi connectivity index (χ4v) is 3.71. The topological polar surface area (TPSA) is 68.9 Å². The lowest BCUT2D eigenvalue weighted by Crippen LogP contribution is -2.21. The third-order valence-corrected chi connectivity index (χ3v) is 5.10. The van der Waals surface area contributed by atoms with Crippen molar-refractivity contribution >= 4 is 33.4 Å². The molecule has 30 heavy (non-hydrogen) atoms. The maximum Gasteiger partial charge on any atom is 0.244 e. The number of para-hydroxylation sites is 2. The number of amides is 1. The lowest BCUT2D eigenvalue weighted by Gasteiger charge is -2.15. The molecular formula is C24H18N4O2. The quantitative estimate of drug-likeness (QED) is 0.469. The predicted molar refractivity (Wildman–Crippen MR) is 118 cm³/mol. The first kappa shape index (κ1) is 17.9. The van der Waals surface area contributed by atoms with Crippen molar-refractivity contribution in [1.29, 1.82) is 0 Å². The van der Waals surface area contributed by atoms with Crippen LogP contribution in [-0.4, -0.2) is 20.3 Å². The molecule has 1 N–H and O–H groups in total. The van der Waals surface area contributed by atoms with Gasteiger partial charge in [-0.2, -0.15) is 5.10 Å². The van der Waals surface area contributed by atoms with Gasteiger partial charge in [0.05, 0.1) is 16.7 Å². The zero-order chi connectivity index (χ0) is 20.5. The summed E-state index contributed by atoms with van der Waals surface area (Å²) in [5, 5.41) is 8.35. The van der Waals surface area contributed by atoms with Crippen LogP contribution in [0.25, 0.3) is 27.5 Å². The Balaban J connectivity index is 1.47. The first-order valence-electron chi connectivity index (χ1n) is 9.61. The number of nitrogens with zero attached hydrogens (tertiary/aromatic N) is 3. The highest BCUT2D eigenvalue weighted by molar-refractivity contribution is 5.97. The van der Waals surface area contributed by atoms with Crippen LogP contribution in [0.4, 0.5) is 5.69 Å². The Morgan fingerprint density at radius 3 is 2.07 bits per heavy atom. The van der Waals surface area contributed by atoms with Crippen molar-refractivity contribution in [1.82, 2.24) is 14.3 Å². The van der Waals surface area contributed by atoms with Gasteiger partial charge in [-0.1, -0.05) is 24.3 Å². The van der Waals surface area contributed by atoms with Crippen LogP contribution in [0.5, 0.6) is 0 Å². The van der Waals surface area contributed by atoms with E-state index in [1.54, 1.807) is 23.0 Å². The molecule has 5 aromatic rings. The SMILES string of the molecule is O=C(Cn1c2ccccc2c(=O)c2ccccc21)Nc1ccc(-n2cccn2)cc1. The number of anilines is 1. The Morgan fingerprint density at radius 2 is 1.47 bits per heavy atom. The van der Waals surface area contributed by atoms with Crippen LogP contribution in [0.15, 0.2) is 96.1 Å². The number of pyridine rings is 1. The molecule has 0 aliphatic rings. The van der Waals surface area contributed by atoms with Crippen LogP contribution in [-0.2, 0) is 11.3 Å². The van der Waals surface area contributed by atoms with Crippen LogP contribution in [0.3, 0.4) is 0 Å². The smallest absolute Gasteiger partial charge is 0.244 e. The number of hydrogen-bond acceptors (Lipinski definition) is 3. The van der Waals surface area contributed by atoms with E-state index in [-0.39, 0.29) is 17.9 Å². The maximum atomic E-state index is 12.8. The number of carbonyl (C=O) groups is 1. The predicted octanol–water partition coefficient (Wildman–Crippen LogP) is 3.98. The third kappa shape index (κ3) is 3.14. The molecule has 0 fully saturated rings. The summed E-state index contributed by atoms with van der Waals surface area (Å²) in [6, 6.07) is 24.1. The summed E-state index contributed by atoms with van der Waals surface area (Å²) in [6.07, 6.45) is 3.58. The number of nitrogens with one attached hydrogen (secondary N) is 1. The molecule has 6 nitrogen and oxygen atoms in total. The number of rotatable bonds is 4. The molecule has 0 unspecified atom stereocenters. The summed E-state index contributed by atoms with van der Waals surface area (Å²) >= 11 is 0. The molecule has 0 aliphatic carbocycles. The van der Waals surface area contributed by atoms with E-state index in [0.717, 1.165) is 16.7 Å². The van der Waals surface area contributed by atoms with Gasteiger partial charge in [-0.05, 0) is 54.6 Å². The Kier molecular flexibility index (Phi) is 4.37. The highest BCUT2D eigenvalue weighted by atomic mass is 16.2. The standard InChI is InChI=1S/C24H18N4O2/c29-23(26-17-10-12-18(13-11-17)28-15-5-14-25-28)16-27-21-8-3-1-6-19(21)24(30)20-7-2-4-9-22(20)27/h1-15H,16H2,(H,26,29). The van der Waals surface area contributed by atoms with Crippen LogP contribution in [0, 0.1) is 0 Å². The van der Waals surface area contributed by atoms with E-state index in [1.165, 1.54) is 0 Å². The molecule has 0 bridgehead atoms. The second-order valence-electron chi connectivity index (χ2n) is 7.00. The minimum atomic E-state index is -0.166. The lowest BCUT2D eigenvalue weighted by molar-refractivity contribution is -0.116. The lowest BCUT2D eigenvalue weighted by atomic mass is 10.1. The first-order valence-corrected chi connectivity index (χ1v) is 9.61. The van der Waals surface area contributed by atoms with E-state index < -0.39 is 0 Å². The van der Waals surface area contributed by atoms with Gasteiger partial charge in [-0.3, -0.25) is 9.59 Å². The minimum absolute atomic E-state index is 0.0212. The van der Waals surface area contributed by atoms with Crippen molar-refractivity contribution in [2.75, 3.05) is 5.32 Å². The van der Waals surface area contributed by atoms with E-state index in [4.69, 9.17) is 0 Å². The average molecular weight is 394 g/mol. The van der Waals surface area contributed by atoms with Crippen molar-refractivity contribution in [3.05, 3.63) is 101 Å². The van der Waals surface area contributed by atoms with Gasteiger partial charge in [-0.25, -0.2) is 4.68 Å². The summed E-state index contributed by atoms with van der Waals surface area (Å²) < 4.78 is 3.64. The van der Waals surface area contributed by atoms with Crippen molar-refractivity contribution < 1.29 is 4.79 Å². The number of aromatic nitrogens is 3. The summed E-state index contributed by atoms with van der Waals surface area (Å²) in [5.41, 5.74) is 3.07. The highest BCUT2D eigenvalue weighted by Gasteiger charge is 2.13. The van der Waals surface area contributed by atoms with E-state index in [9.17, 15) is 9.59 Å². The van der Waals surface area contributed by atoms with E-state index in [2.05, 4.69) is 10.4 Å². The van der Waals surface area contributed by atoms with Crippen molar-refractivity contribution in [3.63, 3.8) is 0 Å². The van der Waals surface area contributed by atoms with Crippen molar-refractivity contribution in [2.24, 2.45) is 0 Å². The summed E-state index contributed by atoms with van der Waals surface area (Å²) in [7, 11) is 0. The molecule has 0 atom stereocenters. The average Bonchev–Trinajstić information content (AvgIpc) is 3.32. The molecule has 0 saturated carbocycles. The Bertz CT molecular complexity index is 1360. The third-order valence-electron chi connectivity index (χ3n) is 5.10. The molecule has 1 amide bonds. The van der Waals surface area contributed by atoms with Gasteiger partial charge in [-0.15, -0.1) is 0 Å². The molecule has 146 valence electrons. The molecule has 0 saturated heterocycles. The number of hydrogen-bond donors (Lipinski definition) is 1. The van der Waals surface area contributed by atoms with Gasteiger partial charge in [0.15, 0.2) is 5.43 Å². The first-order chi connectivity index (χ1) is 14.7. The van der Waals surface area contributed by atoms with Gasteiger partial charge in [0.2, 0.25) is 5.91 Å². The van der Waals surface area contributed by atoms with Crippen LogP contribution < -0.4 is 10.7 Å². The van der Waals surface area contributed by atoms with E-state index >= 15 is 0 Å². The summed E-state index contributed by atoms with van der Waals surface area (Å²) in [6.45, 7) is 0.0994. The fraction of sp³-hybridized carbons (Fsp3) is 0.0417. The van der Waals surface area contributed by atoms with Gasteiger partial charge in [0.1, 0.15) is 6.54 Å². The minimum Gasteiger partial charge on any atom is -0.331 e. The molecule has 5 rings (SSSR count). The Morgan fingerprint density at radius 1 is 0.833 bits per heavy atom. The van der Waals surface area contributed by atoms with Crippen molar-refractivity contribution in [2.45, 2.75) is 6.54 Å². The highest BCUT2D eigenvalue weighted by Crippen LogP contribution is 2.19. The molecular weight excluding hydrogens is 376 g/mol. The van der Waals surface area contributed by atoms with Crippen LogP contribution >= 0.6 is 0 Å². The molecule has 2 aromatic heterocycles. The van der Waals surface area contributed by atoms with Gasteiger partial charge in [0, 0.05) is 28.9 Å². The second kappa shape index (κ2) is 7.33. The Hall–Kier alpha value is -4.19. The maximum absolute atomic E-state index is 12.8. The fourth-order valence-electron chi connectivity index (χ4n) is 3.71. The number of fused-ring (bicyclic) bond motifs is 2. The van der Waals surface area contributed by atoms with Crippen LogP contribution in [0.1, 0.15) is 0 Å². The van der Waals surface area contributed by atoms with Crippen molar-refractivity contribution in [3.8, 4) is 5.69 Å². The molecule has 2 heterocycles. The molecule has 3 aromatic carbocycles. The Labute approximate surface area is 172 Å². The normalized spacial score (nSPS) is 11.1. The summed E-state index contributed by atoms with van der Waals surface area (Å²) in [4.78, 5) is 25.7. The molecule has 0 spiro atoms. The second-order valence-corrected chi connectivity index (χ2v) is 7.00. The molecule has 0 radical (unpaired) electrons. The largest absolute Gasteiger partial charge is 0.331 e. The zero-order valence-corrected chi connectivity index (χ0v) is 16.0. The van der Waals surface area contributed by atoms with Gasteiger partial charge >= 0.3 is 0 Å². The molecule has 6 heteroatoms.